The van der Waals surface area contributed by atoms with Crippen molar-refractivity contribution < 1.29 is 9.18 Å². The second kappa shape index (κ2) is 5.16. The number of piperidine rings is 1. The van der Waals surface area contributed by atoms with Crippen molar-refractivity contribution in [2.24, 2.45) is 5.92 Å². The van der Waals surface area contributed by atoms with Crippen LogP contribution >= 0.6 is 0 Å². The van der Waals surface area contributed by atoms with E-state index in [1.807, 2.05) is 0 Å². The van der Waals surface area contributed by atoms with Gasteiger partial charge in [-0.3, -0.25) is 9.78 Å². The highest BCUT2D eigenvalue weighted by atomic mass is 19.1. The Kier molecular flexibility index (Phi) is 3.62. The average molecular weight is 222 g/mol. The number of ketones is 1. The number of nitrogens with zero attached hydrogens (tertiary/aromatic N) is 1. The molecule has 0 amide bonds. The number of Topliss-reactive ketones (excluding diaryl/α,β-unsaturated/α-hetero) is 1. The second-order valence-electron chi connectivity index (χ2n) is 4.21. The highest BCUT2D eigenvalue weighted by Crippen LogP contribution is 2.18. The van der Waals surface area contributed by atoms with Crippen molar-refractivity contribution in [2.75, 3.05) is 13.1 Å². The van der Waals surface area contributed by atoms with Crippen molar-refractivity contribution in [3.63, 3.8) is 0 Å². The van der Waals surface area contributed by atoms with E-state index in [4.69, 9.17) is 0 Å². The standard InChI is InChI=1S/C12H15FN2O/c13-11-6-10(7-15-8-11)12(16)5-9-1-3-14-4-2-9/h6-9,14H,1-5H2. The molecule has 16 heavy (non-hydrogen) atoms. The molecule has 1 aliphatic rings. The average Bonchev–Trinajstić information content (AvgIpc) is 2.30. The number of hydrogen-bond donors (Lipinski definition) is 1. The largest absolute Gasteiger partial charge is 0.317 e. The lowest BCUT2D eigenvalue weighted by molar-refractivity contribution is 0.0951. The molecular weight excluding hydrogens is 207 g/mol. The molecule has 4 heteroatoms. The highest BCUT2D eigenvalue weighted by Gasteiger charge is 2.18. The van der Waals surface area contributed by atoms with E-state index in [0.29, 0.717) is 17.9 Å². The van der Waals surface area contributed by atoms with Crippen molar-refractivity contribution in [2.45, 2.75) is 19.3 Å². The van der Waals surface area contributed by atoms with Gasteiger partial charge in [0.1, 0.15) is 5.82 Å². The Labute approximate surface area is 94.1 Å². The summed E-state index contributed by atoms with van der Waals surface area (Å²) in [6.45, 7) is 1.94. The number of carbonyl (C=O) groups excluding carboxylic acids is 1. The zero-order valence-corrected chi connectivity index (χ0v) is 9.08. The van der Waals surface area contributed by atoms with Crippen LogP contribution in [0.3, 0.4) is 0 Å². The van der Waals surface area contributed by atoms with Gasteiger partial charge in [-0.1, -0.05) is 0 Å². The molecule has 2 heterocycles. The van der Waals surface area contributed by atoms with Gasteiger partial charge in [0, 0.05) is 18.2 Å². The van der Waals surface area contributed by atoms with Gasteiger partial charge in [-0.05, 0) is 37.9 Å². The van der Waals surface area contributed by atoms with Gasteiger partial charge in [0.15, 0.2) is 5.78 Å². The molecule has 1 aromatic heterocycles. The lowest BCUT2D eigenvalue weighted by atomic mass is 9.91. The minimum Gasteiger partial charge on any atom is -0.317 e. The first kappa shape index (κ1) is 11.2. The van der Waals surface area contributed by atoms with Crippen molar-refractivity contribution in [1.29, 1.82) is 0 Å². The van der Waals surface area contributed by atoms with Crippen LogP contribution in [0.4, 0.5) is 4.39 Å². The van der Waals surface area contributed by atoms with Gasteiger partial charge >= 0.3 is 0 Å². The molecule has 1 saturated heterocycles. The summed E-state index contributed by atoms with van der Waals surface area (Å²) in [5, 5.41) is 3.25. The first-order valence-corrected chi connectivity index (χ1v) is 5.60. The summed E-state index contributed by atoms with van der Waals surface area (Å²) >= 11 is 0. The predicted octanol–water partition coefficient (Wildman–Crippen LogP) is 1.79. The smallest absolute Gasteiger partial charge is 0.164 e. The second-order valence-corrected chi connectivity index (χ2v) is 4.21. The molecule has 0 spiro atoms. The van der Waals surface area contributed by atoms with E-state index >= 15 is 0 Å². The van der Waals surface area contributed by atoms with Crippen molar-refractivity contribution in [3.05, 3.63) is 29.8 Å². The number of hydrogen-bond acceptors (Lipinski definition) is 3. The minimum atomic E-state index is -0.448. The maximum absolute atomic E-state index is 12.9. The Balaban J connectivity index is 1.97. The molecular formula is C12H15FN2O. The molecule has 0 radical (unpaired) electrons. The molecule has 1 fully saturated rings. The first-order valence-electron chi connectivity index (χ1n) is 5.60. The van der Waals surface area contributed by atoms with Crippen LogP contribution in [0.1, 0.15) is 29.6 Å². The zero-order valence-electron chi connectivity index (χ0n) is 9.08. The lowest BCUT2D eigenvalue weighted by Gasteiger charge is -2.21. The molecule has 3 nitrogen and oxygen atoms in total. The summed E-state index contributed by atoms with van der Waals surface area (Å²) in [6.07, 6.45) is 5.10. The SMILES string of the molecule is O=C(CC1CCNCC1)c1cncc(F)c1. The number of halogens is 1. The normalized spacial score (nSPS) is 17.3. The summed E-state index contributed by atoms with van der Waals surface area (Å²) < 4.78 is 12.9. The van der Waals surface area contributed by atoms with Gasteiger partial charge in [0.2, 0.25) is 0 Å². The molecule has 0 unspecified atom stereocenters. The van der Waals surface area contributed by atoms with Crippen LogP contribution in [0.15, 0.2) is 18.5 Å². The topological polar surface area (TPSA) is 42.0 Å². The molecule has 0 saturated carbocycles. The maximum atomic E-state index is 12.9. The first-order chi connectivity index (χ1) is 7.75. The van der Waals surface area contributed by atoms with E-state index in [9.17, 15) is 9.18 Å². The quantitative estimate of drug-likeness (QED) is 0.793. The Morgan fingerprint density at radius 2 is 2.19 bits per heavy atom. The number of carbonyl (C=O) groups is 1. The van der Waals surface area contributed by atoms with E-state index < -0.39 is 5.82 Å². The molecule has 0 aliphatic carbocycles. The van der Waals surface area contributed by atoms with Crippen LogP contribution in [0.25, 0.3) is 0 Å². The monoisotopic (exact) mass is 222 g/mol. The van der Waals surface area contributed by atoms with Gasteiger partial charge in [-0.15, -0.1) is 0 Å². The van der Waals surface area contributed by atoms with Crippen molar-refractivity contribution in [3.8, 4) is 0 Å². The van der Waals surface area contributed by atoms with Gasteiger partial charge in [-0.25, -0.2) is 4.39 Å². The van der Waals surface area contributed by atoms with E-state index in [1.165, 1.54) is 12.3 Å². The van der Waals surface area contributed by atoms with Crippen LogP contribution in [-0.4, -0.2) is 23.9 Å². The summed E-state index contributed by atoms with van der Waals surface area (Å²) in [7, 11) is 0. The van der Waals surface area contributed by atoms with Crippen LogP contribution in [-0.2, 0) is 0 Å². The van der Waals surface area contributed by atoms with Crippen LogP contribution < -0.4 is 5.32 Å². The zero-order chi connectivity index (χ0) is 11.4. The summed E-state index contributed by atoms with van der Waals surface area (Å²) in [5.41, 5.74) is 0.388. The molecule has 0 bridgehead atoms. The van der Waals surface area contributed by atoms with E-state index in [-0.39, 0.29) is 5.78 Å². The number of pyridine rings is 1. The third kappa shape index (κ3) is 2.85. The number of nitrogens with one attached hydrogen (secondary N) is 1. The molecule has 1 aromatic rings. The Morgan fingerprint density at radius 3 is 2.88 bits per heavy atom. The molecule has 2 rings (SSSR count). The van der Waals surface area contributed by atoms with Gasteiger partial charge in [0.25, 0.3) is 0 Å². The summed E-state index contributed by atoms with van der Waals surface area (Å²) in [4.78, 5) is 15.5. The number of aromatic nitrogens is 1. The summed E-state index contributed by atoms with van der Waals surface area (Å²) in [6, 6.07) is 1.26. The fraction of sp³-hybridized carbons (Fsp3) is 0.500. The van der Waals surface area contributed by atoms with Crippen LogP contribution in [0, 0.1) is 11.7 Å². The molecule has 0 aromatic carbocycles. The minimum absolute atomic E-state index is 0.00102. The van der Waals surface area contributed by atoms with E-state index in [2.05, 4.69) is 10.3 Å². The molecule has 1 aliphatic heterocycles. The van der Waals surface area contributed by atoms with Crippen LogP contribution in [0.2, 0.25) is 0 Å². The third-order valence-electron chi connectivity index (χ3n) is 2.96. The fourth-order valence-corrected chi connectivity index (χ4v) is 2.03. The van der Waals surface area contributed by atoms with Gasteiger partial charge < -0.3 is 5.32 Å². The van der Waals surface area contributed by atoms with E-state index in [0.717, 1.165) is 32.1 Å². The summed E-state index contributed by atoms with van der Waals surface area (Å²) in [5.74, 6) is -0.0212. The Bertz CT molecular complexity index is 375. The molecule has 0 atom stereocenters. The predicted molar refractivity (Wildman–Crippen MR) is 58.7 cm³/mol. The maximum Gasteiger partial charge on any atom is 0.164 e. The Hall–Kier alpha value is -1.29. The van der Waals surface area contributed by atoms with Crippen molar-refractivity contribution in [1.82, 2.24) is 10.3 Å². The Morgan fingerprint density at radius 1 is 1.44 bits per heavy atom. The lowest BCUT2D eigenvalue weighted by Crippen LogP contribution is -2.28. The van der Waals surface area contributed by atoms with Gasteiger partial charge in [0.05, 0.1) is 6.20 Å². The van der Waals surface area contributed by atoms with E-state index in [1.54, 1.807) is 0 Å². The number of rotatable bonds is 3. The molecule has 1 N–H and O–H groups in total. The third-order valence-corrected chi connectivity index (χ3v) is 2.96. The van der Waals surface area contributed by atoms with Gasteiger partial charge in [-0.2, -0.15) is 0 Å². The highest BCUT2D eigenvalue weighted by molar-refractivity contribution is 5.95. The van der Waals surface area contributed by atoms with Crippen molar-refractivity contribution >= 4 is 5.78 Å². The molecule has 86 valence electrons. The fourth-order valence-electron chi connectivity index (χ4n) is 2.03. The van der Waals surface area contributed by atoms with Crippen LogP contribution in [0.5, 0.6) is 0 Å².